The van der Waals surface area contributed by atoms with E-state index in [2.05, 4.69) is 30.8 Å². The number of fused-ring (bicyclic) bond motifs is 1. The lowest BCUT2D eigenvalue weighted by atomic mass is 10.1. The molecule has 0 spiro atoms. The van der Waals surface area contributed by atoms with Crippen LogP contribution in [0.1, 0.15) is 11.4 Å². The van der Waals surface area contributed by atoms with Crippen molar-refractivity contribution in [1.82, 2.24) is 30.1 Å². The number of amidine groups is 1. The smallest absolute Gasteiger partial charge is 0.269 e. The van der Waals surface area contributed by atoms with Crippen LogP contribution in [0.3, 0.4) is 0 Å². The van der Waals surface area contributed by atoms with E-state index in [-0.39, 0.29) is 11.9 Å². The molecule has 0 bridgehead atoms. The van der Waals surface area contributed by atoms with Crippen molar-refractivity contribution in [2.24, 2.45) is 5.16 Å². The van der Waals surface area contributed by atoms with Crippen molar-refractivity contribution in [2.45, 2.75) is 12.5 Å². The molecular formula is C20H15Cl2N7O2. The van der Waals surface area contributed by atoms with Gasteiger partial charge in [-0.25, -0.2) is 4.52 Å². The number of hydrogen-bond acceptors (Lipinski definition) is 8. The number of hydrogen-bond donors (Lipinski definition) is 1. The average molecular weight is 456 g/mol. The minimum Gasteiger partial charge on any atom is -0.436 e. The molecule has 11 heteroatoms. The predicted molar refractivity (Wildman–Crippen MR) is 115 cm³/mol. The molecule has 5 rings (SSSR count). The maximum absolute atomic E-state index is 6.28. The summed E-state index contributed by atoms with van der Waals surface area (Å²) >= 11 is 12.2. The molecule has 31 heavy (non-hydrogen) atoms. The summed E-state index contributed by atoms with van der Waals surface area (Å²) in [6.07, 6.45) is 3.69. The number of oxime groups is 1. The Bertz CT molecular complexity index is 1260. The fourth-order valence-corrected chi connectivity index (χ4v) is 3.61. The third-order valence-corrected chi connectivity index (χ3v) is 5.09. The highest BCUT2D eigenvalue weighted by atomic mass is 35.5. The molecule has 1 aliphatic heterocycles. The third kappa shape index (κ3) is 4.10. The zero-order valence-electron chi connectivity index (χ0n) is 15.9. The van der Waals surface area contributed by atoms with Crippen LogP contribution in [0, 0.1) is 0 Å². The van der Waals surface area contributed by atoms with Crippen LogP contribution in [-0.4, -0.2) is 43.3 Å². The Balaban J connectivity index is 1.47. The molecule has 0 saturated carbocycles. The fourth-order valence-electron chi connectivity index (χ4n) is 3.15. The summed E-state index contributed by atoms with van der Waals surface area (Å²) in [4.78, 5) is 9.82. The molecule has 1 aliphatic rings. The van der Waals surface area contributed by atoms with Crippen LogP contribution >= 0.6 is 23.2 Å². The molecule has 4 heterocycles. The standard InChI is InChI=1S/C20H15Cl2N7O2/c21-12-8-15(22)16(23-10-12)9-13-11-30-28-19(25-13)18-20(31-14-4-2-1-3-5-14)27-26-17-6-7-24-29(17)18/h1-8,10,13H,9,11H2,(H,25,28). The monoisotopic (exact) mass is 455 g/mol. The highest BCUT2D eigenvalue weighted by molar-refractivity contribution is 6.34. The Kier molecular flexibility index (Phi) is 5.27. The van der Waals surface area contributed by atoms with Crippen LogP contribution < -0.4 is 10.1 Å². The summed E-state index contributed by atoms with van der Waals surface area (Å²) in [5.74, 6) is 1.26. The van der Waals surface area contributed by atoms with E-state index < -0.39 is 0 Å². The van der Waals surface area contributed by atoms with E-state index in [1.807, 2.05) is 30.3 Å². The van der Waals surface area contributed by atoms with Crippen LogP contribution in [0.2, 0.25) is 10.0 Å². The van der Waals surface area contributed by atoms with E-state index in [0.29, 0.717) is 51.7 Å². The number of ether oxygens (including phenoxy) is 1. The second kappa shape index (κ2) is 8.37. The van der Waals surface area contributed by atoms with Gasteiger partial charge in [-0.1, -0.05) is 46.6 Å². The molecule has 3 aromatic heterocycles. The average Bonchev–Trinajstić information content (AvgIpc) is 3.25. The van der Waals surface area contributed by atoms with Gasteiger partial charge in [-0.05, 0) is 18.2 Å². The molecule has 1 unspecified atom stereocenters. The molecule has 0 saturated heterocycles. The number of para-hydroxylation sites is 1. The largest absolute Gasteiger partial charge is 0.436 e. The lowest BCUT2D eigenvalue weighted by molar-refractivity contribution is 0.108. The van der Waals surface area contributed by atoms with Crippen LogP contribution in [-0.2, 0) is 11.3 Å². The van der Waals surface area contributed by atoms with Crippen molar-refractivity contribution in [2.75, 3.05) is 6.61 Å². The predicted octanol–water partition coefficient (Wildman–Crippen LogP) is 3.51. The second-order valence-electron chi connectivity index (χ2n) is 6.73. The van der Waals surface area contributed by atoms with Crippen LogP contribution in [0.4, 0.5) is 0 Å². The van der Waals surface area contributed by atoms with Gasteiger partial charge in [0, 0.05) is 18.7 Å². The van der Waals surface area contributed by atoms with Crippen LogP contribution in [0.25, 0.3) is 5.65 Å². The molecule has 156 valence electrons. The Morgan fingerprint density at radius 1 is 1.16 bits per heavy atom. The lowest BCUT2D eigenvalue weighted by Gasteiger charge is -2.24. The molecule has 0 fully saturated rings. The zero-order valence-corrected chi connectivity index (χ0v) is 17.5. The molecule has 9 nitrogen and oxygen atoms in total. The lowest BCUT2D eigenvalue weighted by Crippen LogP contribution is -2.44. The number of aromatic nitrogens is 5. The molecule has 1 N–H and O–H groups in total. The highest BCUT2D eigenvalue weighted by Crippen LogP contribution is 2.25. The van der Waals surface area contributed by atoms with E-state index in [9.17, 15) is 0 Å². The van der Waals surface area contributed by atoms with Gasteiger partial charge < -0.3 is 14.9 Å². The maximum Gasteiger partial charge on any atom is 0.269 e. The van der Waals surface area contributed by atoms with Crippen molar-refractivity contribution >= 4 is 34.7 Å². The Hall–Kier alpha value is -3.43. The van der Waals surface area contributed by atoms with Gasteiger partial charge >= 0.3 is 0 Å². The summed E-state index contributed by atoms with van der Waals surface area (Å²) < 4.78 is 7.56. The number of pyridine rings is 1. The summed E-state index contributed by atoms with van der Waals surface area (Å²) in [6, 6.07) is 12.5. The van der Waals surface area contributed by atoms with Gasteiger partial charge in [0.2, 0.25) is 0 Å². The van der Waals surface area contributed by atoms with Crippen molar-refractivity contribution in [3.05, 3.63) is 76.3 Å². The topological polar surface area (TPSA) is 98.8 Å². The van der Waals surface area contributed by atoms with Crippen molar-refractivity contribution < 1.29 is 9.57 Å². The van der Waals surface area contributed by atoms with Gasteiger partial charge in [0.1, 0.15) is 12.4 Å². The minimum absolute atomic E-state index is 0.151. The van der Waals surface area contributed by atoms with Gasteiger partial charge in [-0.2, -0.15) is 5.10 Å². The maximum atomic E-state index is 6.28. The number of benzene rings is 1. The van der Waals surface area contributed by atoms with Gasteiger partial charge in [0.25, 0.3) is 5.88 Å². The fraction of sp³-hybridized carbons (Fsp3) is 0.150. The molecule has 0 radical (unpaired) electrons. The van der Waals surface area contributed by atoms with E-state index in [0.717, 1.165) is 0 Å². The minimum atomic E-state index is -0.151. The molecule has 0 aliphatic carbocycles. The van der Waals surface area contributed by atoms with Crippen LogP contribution in [0.15, 0.2) is 60.0 Å². The Morgan fingerprint density at radius 3 is 2.87 bits per heavy atom. The number of halogens is 2. The summed E-state index contributed by atoms with van der Waals surface area (Å²) in [5, 5.41) is 21.2. The number of nitrogens with one attached hydrogen (secondary N) is 1. The Labute approximate surface area is 186 Å². The molecule has 4 aromatic rings. The summed E-state index contributed by atoms with van der Waals surface area (Å²) in [5.41, 5.74) is 1.73. The van der Waals surface area contributed by atoms with Gasteiger partial charge in [0.15, 0.2) is 17.2 Å². The summed E-state index contributed by atoms with van der Waals surface area (Å²) in [6.45, 7) is 0.333. The highest BCUT2D eigenvalue weighted by Gasteiger charge is 2.26. The Morgan fingerprint density at radius 2 is 2.03 bits per heavy atom. The first-order valence-electron chi connectivity index (χ1n) is 9.37. The first-order chi connectivity index (χ1) is 15.2. The van der Waals surface area contributed by atoms with Crippen molar-refractivity contribution in [3.63, 3.8) is 0 Å². The number of rotatable bonds is 5. The molecular weight excluding hydrogens is 441 g/mol. The zero-order chi connectivity index (χ0) is 21.2. The third-order valence-electron chi connectivity index (χ3n) is 4.56. The summed E-state index contributed by atoms with van der Waals surface area (Å²) in [7, 11) is 0. The first kappa shape index (κ1) is 19.5. The number of nitrogens with zero attached hydrogens (tertiary/aromatic N) is 6. The van der Waals surface area contributed by atoms with Gasteiger partial charge in [-0.3, -0.25) is 4.98 Å². The van der Waals surface area contributed by atoms with E-state index in [1.54, 1.807) is 29.0 Å². The van der Waals surface area contributed by atoms with Crippen LogP contribution in [0.5, 0.6) is 11.6 Å². The van der Waals surface area contributed by atoms with Crippen molar-refractivity contribution in [3.8, 4) is 11.6 Å². The first-order valence-corrected chi connectivity index (χ1v) is 10.1. The van der Waals surface area contributed by atoms with Gasteiger partial charge in [0.05, 0.1) is 28.0 Å². The van der Waals surface area contributed by atoms with E-state index in [1.165, 1.54) is 0 Å². The molecule has 1 atom stereocenters. The van der Waals surface area contributed by atoms with E-state index in [4.69, 9.17) is 32.8 Å². The SMILES string of the molecule is Clc1cnc(CC2CON=C(c3c(Oc4ccccc4)nnc4ccnn34)N2)c(Cl)c1. The molecule has 1 aromatic carbocycles. The quantitative estimate of drug-likeness (QED) is 0.491. The van der Waals surface area contributed by atoms with Crippen molar-refractivity contribution in [1.29, 1.82) is 0 Å². The normalized spacial score (nSPS) is 15.8. The molecule has 0 amide bonds. The second-order valence-corrected chi connectivity index (χ2v) is 7.58. The van der Waals surface area contributed by atoms with Gasteiger partial charge in [-0.15, -0.1) is 10.2 Å². The van der Waals surface area contributed by atoms with E-state index >= 15 is 0 Å².